The van der Waals surface area contributed by atoms with Crippen LogP contribution >= 0.6 is 0 Å². The molecule has 0 aliphatic heterocycles. The summed E-state index contributed by atoms with van der Waals surface area (Å²) in [6.45, 7) is 4.89. The molecule has 4 heteroatoms. The van der Waals surface area contributed by atoms with Crippen LogP contribution in [-0.4, -0.2) is 23.3 Å². The highest BCUT2D eigenvalue weighted by Gasteiger charge is 2.13. The first-order valence-electron chi connectivity index (χ1n) is 9.65. The summed E-state index contributed by atoms with van der Waals surface area (Å²) in [7, 11) is 0. The van der Waals surface area contributed by atoms with Crippen molar-refractivity contribution in [3.63, 3.8) is 0 Å². The number of carbonyl (C=O) groups excluding carboxylic acids is 1. The van der Waals surface area contributed by atoms with E-state index < -0.39 is 6.17 Å². The van der Waals surface area contributed by atoms with E-state index in [9.17, 15) is 9.18 Å². The lowest BCUT2D eigenvalue weighted by molar-refractivity contribution is 0.0513. The molecule has 0 saturated heterocycles. The van der Waals surface area contributed by atoms with Gasteiger partial charge >= 0.3 is 5.97 Å². The van der Waals surface area contributed by atoms with E-state index in [4.69, 9.17) is 4.74 Å². The fourth-order valence-electron chi connectivity index (χ4n) is 2.92. The Morgan fingerprint density at radius 2 is 1.75 bits per heavy atom. The average Bonchev–Trinajstić information content (AvgIpc) is 3.04. The van der Waals surface area contributed by atoms with Crippen molar-refractivity contribution in [2.45, 2.75) is 90.8 Å². The maximum atomic E-state index is 14.0. The van der Waals surface area contributed by atoms with Gasteiger partial charge in [0.05, 0.1) is 6.61 Å². The van der Waals surface area contributed by atoms with Gasteiger partial charge in [0, 0.05) is 12.7 Å². The number of esters is 1. The van der Waals surface area contributed by atoms with Gasteiger partial charge in [0.15, 0.2) is 0 Å². The van der Waals surface area contributed by atoms with Crippen LogP contribution in [0.4, 0.5) is 4.39 Å². The molecular formula is C20H34FNO2. The first-order chi connectivity index (χ1) is 11.7. The van der Waals surface area contributed by atoms with E-state index in [-0.39, 0.29) is 5.97 Å². The molecule has 0 saturated carbocycles. The molecule has 1 atom stereocenters. The van der Waals surface area contributed by atoms with E-state index in [0.29, 0.717) is 31.7 Å². The quantitative estimate of drug-likeness (QED) is 0.311. The Bertz CT molecular complexity index is 445. The Balaban J connectivity index is 2.13. The van der Waals surface area contributed by atoms with Gasteiger partial charge in [0.25, 0.3) is 0 Å². The lowest BCUT2D eigenvalue weighted by atomic mass is 10.1. The van der Waals surface area contributed by atoms with Gasteiger partial charge in [0.1, 0.15) is 11.9 Å². The number of ether oxygens (including phenoxy) is 1. The van der Waals surface area contributed by atoms with Crippen LogP contribution in [0.5, 0.6) is 0 Å². The number of hydrogen-bond donors (Lipinski definition) is 0. The van der Waals surface area contributed by atoms with Crippen LogP contribution in [-0.2, 0) is 11.3 Å². The molecule has 0 aliphatic carbocycles. The third-order valence-electron chi connectivity index (χ3n) is 4.37. The van der Waals surface area contributed by atoms with E-state index >= 15 is 0 Å². The molecular weight excluding hydrogens is 305 g/mol. The number of aryl methyl sites for hydroxylation is 1. The molecule has 0 aliphatic rings. The Morgan fingerprint density at radius 1 is 1.08 bits per heavy atom. The number of alkyl halides is 1. The Hall–Kier alpha value is -1.32. The molecule has 0 radical (unpaired) electrons. The van der Waals surface area contributed by atoms with Crippen LogP contribution in [0.1, 0.15) is 88.5 Å². The third-order valence-corrected chi connectivity index (χ3v) is 4.37. The zero-order chi connectivity index (χ0) is 17.6. The number of rotatable bonds is 14. The van der Waals surface area contributed by atoms with Gasteiger partial charge in [-0.05, 0) is 31.9 Å². The van der Waals surface area contributed by atoms with Crippen molar-refractivity contribution in [2.24, 2.45) is 0 Å². The average molecular weight is 339 g/mol. The van der Waals surface area contributed by atoms with Gasteiger partial charge in [-0.2, -0.15) is 0 Å². The molecule has 1 unspecified atom stereocenters. The van der Waals surface area contributed by atoms with Crippen LogP contribution < -0.4 is 0 Å². The van der Waals surface area contributed by atoms with Crippen LogP contribution in [0, 0.1) is 0 Å². The van der Waals surface area contributed by atoms with Crippen molar-refractivity contribution in [1.82, 2.24) is 4.57 Å². The van der Waals surface area contributed by atoms with E-state index in [1.165, 1.54) is 38.5 Å². The second-order valence-electron chi connectivity index (χ2n) is 6.46. The standard InChI is InChI=1S/C20H34FNO2/c1-3-5-6-7-8-9-10-11-13-18(21)15-17-22-16-12-14-19(22)20(23)24-4-2/h12,14,16,18H,3-11,13,15,17H2,1-2H3. The fraction of sp³-hybridized carbons (Fsp3) is 0.750. The molecule has 0 aromatic carbocycles. The van der Waals surface area contributed by atoms with Crippen molar-refractivity contribution in [2.75, 3.05) is 6.61 Å². The smallest absolute Gasteiger partial charge is 0.354 e. The lowest BCUT2D eigenvalue weighted by Gasteiger charge is -2.11. The molecule has 138 valence electrons. The van der Waals surface area contributed by atoms with Crippen molar-refractivity contribution in [3.8, 4) is 0 Å². The summed E-state index contributed by atoms with van der Waals surface area (Å²) in [5.41, 5.74) is 0.510. The van der Waals surface area contributed by atoms with Gasteiger partial charge in [-0.3, -0.25) is 0 Å². The summed E-state index contributed by atoms with van der Waals surface area (Å²) in [6, 6.07) is 3.53. The summed E-state index contributed by atoms with van der Waals surface area (Å²) in [4.78, 5) is 11.8. The van der Waals surface area contributed by atoms with Crippen LogP contribution in [0.15, 0.2) is 18.3 Å². The van der Waals surface area contributed by atoms with E-state index in [0.717, 1.165) is 12.8 Å². The van der Waals surface area contributed by atoms with Crippen LogP contribution in [0.3, 0.4) is 0 Å². The molecule has 0 amide bonds. The Kier molecular flexibility index (Phi) is 11.2. The van der Waals surface area contributed by atoms with Gasteiger partial charge < -0.3 is 9.30 Å². The predicted molar refractivity (Wildman–Crippen MR) is 97.1 cm³/mol. The first kappa shape index (κ1) is 20.7. The molecule has 1 aromatic rings. The van der Waals surface area contributed by atoms with Gasteiger partial charge in [0.2, 0.25) is 0 Å². The summed E-state index contributed by atoms with van der Waals surface area (Å²) < 4.78 is 20.8. The number of hydrogen-bond acceptors (Lipinski definition) is 2. The summed E-state index contributed by atoms with van der Waals surface area (Å²) >= 11 is 0. The number of aromatic nitrogens is 1. The van der Waals surface area contributed by atoms with Crippen molar-refractivity contribution in [1.29, 1.82) is 0 Å². The second kappa shape index (κ2) is 13.0. The summed E-state index contributed by atoms with van der Waals surface area (Å²) in [6.07, 6.45) is 12.0. The second-order valence-corrected chi connectivity index (χ2v) is 6.46. The van der Waals surface area contributed by atoms with Gasteiger partial charge in [-0.25, -0.2) is 9.18 Å². The first-order valence-corrected chi connectivity index (χ1v) is 9.65. The number of unbranched alkanes of at least 4 members (excludes halogenated alkanes) is 7. The summed E-state index contributed by atoms with van der Waals surface area (Å²) in [5.74, 6) is -0.332. The molecule has 0 fully saturated rings. The van der Waals surface area contributed by atoms with Gasteiger partial charge in [-0.1, -0.05) is 58.3 Å². The highest BCUT2D eigenvalue weighted by atomic mass is 19.1. The van der Waals surface area contributed by atoms with Gasteiger partial charge in [-0.15, -0.1) is 0 Å². The highest BCUT2D eigenvalue weighted by Crippen LogP contribution is 2.15. The number of carbonyl (C=O) groups is 1. The third kappa shape index (κ3) is 8.51. The largest absolute Gasteiger partial charge is 0.461 e. The maximum Gasteiger partial charge on any atom is 0.354 e. The molecule has 0 bridgehead atoms. The van der Waals surface area contributed by atoms with E-state index in [2.05, 4.69) is 6.92 Å². The van der Waals surface area contributed by atoms with E-state index in [1.807, 2.05) is 6.20 Å². The van der Waals surface area contributed by atoms with Crippen LogP contribution in [0.2, 0.25) is 0 Å². The number of nitrogens with zero attached hydrogens (tertiary/aromatic N) is 1. The van der Waals surface area contributed by atoms with Crippen molar-refractivity contribution in [3.05, 3.63) is 24.0 Å². The topological polar surface area (TPSA) is 31.2 Å². The lowest BCUT2D eigenvalue weighted by Crippen LogP contribution is -2.14. The van der Waals surface area contributed by atoms with E-state index in [1.54, 1.807) is 23.6 Å². The zero-order valence-electron chi connectivity index (χ0n) is 15.4. The minimum absolute atomic E-state index is 0.332. The SMILES string of the molecule is CCCCCCCCCCC(F)CCn1cccc1C(=O)OCC. The fourth-order valence-corrected chi connectivity index (χ4v) is 2.92. The minimum atomic E-state index is -0.789. The Morgan fingerprint density at radius 3 is 2.42 bits per heavy atom. The minimum Gasteiger partial charge on any atom is -0.461 e. The summed E-state index contributed by atoms with van der Waals surface area (Å²) in [5, 5.41) is 0. The highest BCUT2D eigenvalue weighted by molar-refractivity contribution is 5.87. The zero-order valence-corrected chi connectivity index (χ0v) is 15.4. The van der Waals surface area contributed by atoms with Crippen molar-refractivity contribution < 1.29 is 13.9 Å². The molecule has 24 heavy (non-hydrogen) atoms. The molecule has 0 spiro atoms. The molecule has 1 heterocycles. The molecule has 0 N–H and O–H groups in total. The molecule has 1 aromatic heterocycles. The Labute approximate surface area is 146 Å². The van der Waals surface area contributed by atoms with Crippen molar-refractivity contribution >= 4 is 5.97 Å². The predicted octanol–water partition coefficient (Wildman–Crippen LogP) is 5.92. The number of halogens is 1. The molecule has 3 nitrogen and oxygen atoms in total. The maximum absolute atomic E-state index is 14.0. The normalized spacial score (nSPS) is 12.3. The molecule has 1 rings (SSSR count). The van der Waals surface area contributed by atoms with Crippen LogP contribution in [0.25, 0.3) is 0 Å². The monoisotopic (exact) mass is 339 g/mol.